The fourth-order valence-electron chi connectivity index (χ4n) is 2.33. The molecule has 0 aromatic heterocycles. The SMILES string of the molecule is CC(NS(=O)(=O)N1CCCC1)c1cccc(C#CCN)c1. The van der Waals surface area contributed by atoms with Gasteiger partial charge >= 0.3 is 0 Å². The molecule has 0 aliphatic carbocycles. The molecule has 0 spiro atoms. The molecule has 114 valence electrons. The number of nitrogens with zero attached hydrogens (tertiary/aromatic N) is 1. The molecule has 1 unspecified atom stereocenters. The first-order chi connectivity index (χ1) is 10.0. The van der Waals surface area contributed by atoms with Crippen molar-refractivity contribution < 1.29 is 8.42 Å². The van der Waals surface area contributed by atoms with Crippen molar-refractivity contribution in [3.63, 3.8) is 0 Å². The van der Waals surface area contributed by atoms with Gasteiger partial charge in [-0.2, -0.15) is 17.4 Å². The summed E-state index contributed by atoms with van der Waals surface area (Å²) in [6.07, 6.45) is 1.86. The zero-order chi connectivity index (χ0) is 15.3. The van der Waals surface area contributed by atoms with Crippen molar-refractivity contribution in [2.45, 2.75) is 25.8 Å². The Balaban J connectivity index is 2.11. The highest BCUT2D eigenvalue weighted by molar-refractivity contribution is 7.87. The van der Waals surface area contributed by atoms with Gasteiger partial charge in [-0.15, -0.1) is 0 Å². The van der Waals surface area contributed by atoms with Gasteiger partial charge in [0.1, 0.15) is 0 Å². The van der Waals surface area contributed by atoms with E-state index >= 15 is 0 Å². The summed E-state index contributed by atoms with van der Waals surface area (Å²) < 4.78 is 28.7. The van der Waals surface area contributed by atoms with Crippen LogP contribution in [0.3, 0.4) is 0 Å². The minimum atomic E-state index is -3.41. The van der Waals surface area contributed by atoms with Crippen LogP contribution in [-0.4, -0.2) is 32.4 Å². The van der Waals surface area contributed by atoms with Crippen LogP contribution < -0.4 is 10.5 Å². The Kier molecular flexibility index (Phi) is 5.37. The monoisotopic (exact) mass is 307 g/mol. The summed E-state index contributed by atoms with van der Waals surface area (Å²) in [4.78, 5) is 0. The van der Waals surface area contributed by atoms with Gasteiger partial charge in [0.2, 0.25) is 0 Å². The highest BCUT2D eigenvalue weighted by Gasteiger charge is 2.26. The Labute approximate surface area is 126 Å². The zero-order valence-electron chi connectivity index (χ0n) is 12.2. The predicted molar refractivity (Wildman–Crippen MR) is 83.7 cm³/mol. The molecule has 0 saturated carbocycles. The highest BCUT2D eigenvalue weighted by Crippen LogP contribution is 2.18. The molecule has 1 aromatic rings. The van der Waals surface area contributed by atoms with E-state index in [1.807, 2.05) is 31.2 Å². The summed E-state index contributed by atoms with van der Waals surface area (Å²) in [6, 6.07) is 7.24. The van der Waals surface area contributed by atoms with Crippen molar-refractivity contribution in [1.82, 2.24) is 9.03 Å². The fraction of sp³-hybridized carbons (Fsp3) is 0.467. The maximum atomic E-state index is 12.2. The summed E-state index contributed by atoms with van der Waals surface area (Å²) in [7, 11) is -3.41. The Morgan fingerprint density at radius 1 is 1.38 bits per heavy atom. The molecule has 21 heavy (non-hydrogen) atoms. The summed E-state index contributed by atoms with van der Waals surface area (Å²) in [5.74, 6) is 5.75. The normalized spacial score (nSPS) is 17.2. The number of nitrogens with two attached hydrogens (primary N) is 1. The standard InChI is InChI=1S/C15H21N3O2S/c1-13(17-21(19,20)18-10-2-3-11-18)15-8-4-6-14(12-15)7-5-9-16/h4,6,8,12-13,17H,2-3,9-11,16H2,1H3. The van der Waals surface area contributed by atoms with E-state index in [0.717, 1.165) is 24.0 Å². The van der Waals surface area contributed by atoms with Crippen LogP contribution in [-0.2, 0) is 10.2 Å². The van der Waals surface area contributed by atoms with E-state index in [9.17, 15) is 8.42 Å². The third kappa shape index (κ3) is 4.29. The van der Waals surface area contributed by atoms with E-state index in [0.29, 0.717) is 19.6 Å². The van der Waals surface area contributed by atoms with Gasteiger partial charge in [0.25, 0.3) is 10.2 Å². The molecular weight excluding hydrogens is 286 g/mol. The summed E-state index contributed by atoms with van der Waals surface area (Å²) in [5, 5.41) is 0. The van der Waals surface area contributed by atoms with Gasteiger partial charge in [-0.3, -0.25) is 0 Å². The van der Waals surface area contributed by atoms with Crippen molar-refractivity contribution in [2.24, 2.45) is 5.73 Å². The van der Waals surface area contributed by atoms with Crippen LogP contribution in [0.1, 0.15) is 36.9 Å². The van der Waals surface area contributed by atoms with E-state index in [4.69, 9.17) is 5.73 Å². The fourth-order valence-corrected chi connectivity index (χ4v) is 3.80. The number of benzene rings is 1. The molecular formula is C15H21N3O2S. The van der Waals surface area contributed by atoms with Crippen LogP contribution in [0, 0.1) is 11.8 Å². The van der Waals surface area contributed by atoms with Crippen LogP contribution in [0.2, 0.25) is 0 Å². The quantitative estimate of drug-likeness (QED) is 0.815. The van der Waals surface area contributed by atoms with Crippen molar-refractivity contribution in [1.29, 1.82) is 0 Å². The van der Waals surface area contributed by atoms with Crippen LogP contribution in [0.25, 0.3) is 0 Å². The van der Waals surface area contributed by atoms with Gasteiger partial charge in [0.15, 0.2) is 0 Å². The molecule has 0 bridgehead atoms. The van der Waals surface area contributed by atoms with E-state index < -0.39 is 10.2 Å². The van der Waals surface area contributed by atoms with Crippen molar-refractivity contribution in [2.75, 3.05) is 19.6 Å². The Morgan fingerprint density at radius 2 is 2.10 bits per heavy atom. The molecule has 3 N–H and O–H groups in total. The molecule has 0 radical (unpaired) electrons. The van der Waals surface area contributed by atoms with Gasteiger partial charge in [0.05, 0.1) is 6.54 Å². The lowest BCUT2D eigenvalue weighted by Gasteiger charge is -2.20. The van der Waals surface area contributed by atoms with Gasteiger partial charge in [0, 0.05) is 24.7 Å². The van der Waals surface area contributed by atoms with E-state index in [1.165, 1.54) is 4.31 Å². The van der Waals surface area contributed by atoms with Crippen LogP contribution in [0.4, 0.5) is 0 Å². The molecule has 1 saturated heterocycles. The number of rotatable bonds is 4. The molecule has 5 nitrogen and oxygen atoms in total. The lowest BCUT2D eigenvalue weighted by molar-refractivity contribution is 0.457. The largest absolute Gasteiger partial charge is 0.320 e. The number of hydrogen-bond acceptors (Lipinski definition) is 3. The zero-order valence-corrected chi connectivity index (χ0v) is 13.0. The maximum Gasteiger partial charge on any atom is 0.279 e. The first-order valence-corrected chi connectivity index (χ1v) is 8.53. The van der Waals surface area contributed by atoms with E-state index in [-0.39, 0.29) is 6.04 Å². The molecule has 1 heterocycles. The molecule has 1 aliphatic heterocycles. The van der Waals surface area contributed by atoms with E-state index in [2.05, 4.69) is 16.6 Å². The second-order valence-corrected chi connectivity index (χ2v) is 6.78. The highest BCUT2D eigenvalue weighted by atomic mass is 32.2. The second-order valence-electron chi connectivity index (χ2n) is 5.08. The van der Waals surface area contributed by atoms with E-state index in [1.54, 1.807) is 0 Å². The summed E-state index contributed by atoms with van der Waals surface area (Å²) in [5.41, 5.74) is 7.08. The Bertz CT molecular complexity index is 640. The van der Waals surface area contributed by atoms with Gasteiger partial charge in [-0.1, -0.05) is 24.0 Å². The van der Waals surface area contributed by atoms with Gasteiger partial charge in [-0.25, -0.2) is 0 Å². The van der Waals surface area contributed by atoms with Crippen LogP contribution in [0.5, 0.6) is 0 Å². The van der Waals surface area contributed by atoms with Gasteiger partial charge in [-0.05, 0) is 37.5 Å². The second kappa shape index (κ2) is 7.05. The van der Waals surface area contributed by atoms with Crippen LogP contribution in [0.15, 0.2) is 24.3 Å². The van der Waals surface area contributed by atoms with Crippen LogP contribution >= 0.6 is 0 Å². The van der Waals surface area contributed by atoms with Crippen molar-refractivity contribution >= 4 is 10.2 Å². The summed E-state index contributed by atoms with van der Waals surface area (Å²) in [6.45, 7) is 3.35. The minimum Gasteiger partial charge on any atom is -0.320 e. The number of nitrogens with one attached hydrogen (secondary N) is 1. The summed E-state index contributed by atoms with van der Waals surface area (Å²) >= 11 is 0. The minimum absolute atomic E-state index is 0.296. The third-order valence-corrected chi connectivity index (χ3v) is 5.15. The third-order valence-electron chi connectivity index (χ3n) is 3.45. The Hall–Kier alpha value is -1.39. The lowest BCUT2D eigenvalue weighted by atomic mass is 10.1. The number of hydrogen-bond donors (Lipinski definition) is 2. The molecule has 1 atom stereocenters. The predicted octanol–water partition coefficient (Wildman–Crippen LogP) is 0.988. The van der Waals surface area contributed by atoms with Gasteiger partial charge < -0.3 is 5.73 Å². The smallest absolute Gasteiger partial charge is 0.279 e. The average Bonchev–Trinajstić information content (AvgIpc) is 3.00. The molecule has 6 heteroatoms. The average molecular weight is 307 g/mol. The van der Waals surface area contributed by atoms with Crippen molar-refractivity contribution in [3.8, 4) is 11.8 Å². The molecule has 1 aromatic carbocycles. The molecule has 1 fully saturated rings. The first-order valence-electron chi connectivity index (χ1n) is 7.09. The lowest BCUT2D eigenvalue weighted by Crippen LogP contribution is -2.40. The maximum absolute atomic E-state index is 12.2. The van der Waals surface area contributed by atoms with Crippen molar-refractivity contribution in [3.05, 3.63) is 35.4 Å². The molecule has 0 amide bonds. The Morgan fingerprint density at radius 3 is 2.76 bits per heavy atom. The molecule has 1 aliphatic rings. The first kappa shape index (κ1) is 16.0. The topological polar surface area (TPSA) is 75.4 Å². The molecule has 2 rings (SSSR count).